The Bertz CT molecular complexity index is 274. The lowest BCUT2D eigenvalue weighted by molar-refractivity contribution is -0.136. The quantitative estimate of drug-likeness (QED) is 0.524. The monoisotopic (exact) mass is 210 g/mol. The highest BCUT2D eigenvalue weighted by molar-refractivity contribution is 7.90. The molecule has 0 amide bonds. The molecule has 0 heterocycles. The molecule has 0 aromatic heterocycles. The van der Waals surface area contributed by atoms with E-state index in [-0.39, 0.29) is 6.54 Å². The molecule has 2 atom stereocenters. The average Bonchev–Trinajstić information content (AvgIpc) is 2.01. The second kappa shape index (κ2) is 4.54. The maximum Gasteiger partial charge on any atom is 0.323 e. The van der Waals surface area contributed by atoms with Gasteiger partial charge in [-0.2, -0.15) is 0 Å². The second-order valence-corrected chi connectivity index (χ2v) is 4.81. The highest BCUT2D eigenvalue weighted by atomic mass is 32.2. The molecule has 7 heteroatoms. The maximum atomic E-state index is 11.2. The van der Waals surface area contributed by atoms with Crippen molar-refractivity contribution in [2.45, 2.75) is 25.1 Å². The second-order valence-electron chi connectivity index (χ2n) is 2.78. The number of nitrogens with two attached hydrogens (primary N) is 1. The van der Waals surface area contributed by atoms with Gasteiger partial charge in [0.25, 0.3) is 0 Å². The first-order valence-corrected chi connectivity index (χ1v) is 5.30. The number of carboxylic acid groups (broad SMARTS) is 1. The van der Waals surface area contributed by atoms with E-state index in [1.54, 1.807) is 6.92 Å². The van der Waals surface area contributed by atoms with Gasteiger partial charge in [0.05, 0.1) is 0 Å². The number of carbonyl (C=O) groups is 1. The first-order valence-electron chi connectivity index (χ1n) is 3.75. The van der Waals surface area contributed by atoms with E-state index in [2.05, 4.69) is 4.72 Å². The van der Waals surface area contributed by atoms with Crippen molar-refractivity contribution in [3.05, 3.63) is 0 Å². The molecule has 0 saturated carbocycles. The smallest absolute Gasteiger partial charge is 0.323 e. The third-order valence-corrected chi connectivity index (χ3v) is 3.40. The zero-order valence-corrected chi connectivity index (χ0v) is 8.34. The van der Waals surface area contributed by atoms with Gasteiger partial charge in [0.15, 0.2) is 5.25 Å². The van der Waals surface area contributed by atoms with Gasteiger partial charge in [0.1, 0.15) is 0 Å². The lowest BCUT2D eigenvalue weighted by Crippen LogP contribution is -2.44. The molecule has 0 aromatic rings. The Kier molecular flexibility index (Phi) is 4.31. The molecule has 0 saturated heterocycles. The largest absolute Gasteiger partial charge is 0.480 e. The topological polar surface area (TPSA) is 109 Å². The SMILES string of the molecule is CC(C(=O)O)S(=O)(=O)N[C@H](C)CN. The van der Waals surface area contributed by atoms with E-state index in [1.165, 1.54) is 0 Å². The van der Waals surface area contributed by atoms with Gasteiger partial charge in [-0.05, 0) is 13.8 Å². The van der Waals surface area contributed by atoms with Crippen LogP contribution in [0.2, 0.25) is 0 Å². The van der Waals surface area contributed by atoms with Crippen LogP contribution in [-0.2, 0) is 14.8 Å². The van der Waals surface area contributed by atoms with Gasteiger partial charge in [-0.3, -0.25) is 4.79 Å². The molecule has 0 aliphatic carbocycles. The number of rotatable bonds is 5. The van der Waals surface area contributed by atoms with Crippen LogP contribution in [0.3, 0.4) is 0 Å². The molecule has 1 unspecified atom stereocenters. The Hall–Kier alpha value is -0.660. The summed E-state index contributed by atoms with van der Waals surface area (Å²) in [5, 5.41) is 7.00. The molecule has 4 N–H and O–H groups in total. The van der Waals surface area contributed by atoms with E-state index < -0.39 is 27.3 Å². The van der Waals surface area contributed by atoms with Crippen molar-refractivity contribution < 1.29 is 18.3 Å². The van der Waals surface area contributed by atoms with Crippen LogP contribution in [0.25, 0.3) is 0 Å². The summed E-state index contributed by atoms with van der Waals surface area (Å²) in [6.45, 7) is 2.80. The Morgan fingerprint density at radius 3 is 2.31 bits per heavy atom. The minimum absolute atomic E-state index is 0.131. The maximum absolute atomic E-state index is 11.2. The predicted molar refractivity (Wildman–Crippen MR) is 47.7 cm³/mol. The lowest BCUT2D eigenvalue weighted by Gasteiger charge is -2.14. The molecular formula is C6H14N2O4S. The summed E-state index contributed by atoms with van der Waals surface area (Å²) >= 11 is 0. The van der Waals surface area contributed by atoms with Crippen LogP contribution in [0.1, 0.15) is 13.8 Å². The number of carboxylic acids is 1. The number of aliphatic carboxylic acids is 1. The van der Waals surface area contributed by atoms with Crippen LogP contribution in [0.15, 0.2) is 0 Å². The first-order chi connectivity index (χ1) is 5.81. The van der Waals surface area contributed by atoms with Crippen LogP contribution >= 0.6 is 0 Å². The van der Waals surface area contributed by atoms with E-state index in [0.29, 0.717) is 0 Å². The molecule has 0 fully saturated rings. The third kappa shape index (κ3) is 3.71. The highest BCUT2D eigenvalue weighted by Gasteiger charge is 2.28. The first kappa shape index (κ1) is 12.3. The minimum Gasteiger partial charge on any atom is -0.480 e. The molecule has 0 rings (SSSR count). The van der Waals surface area contributed by atoms with Crippen molar-refractivity contribution in [2.75, 3.05) is 6.54 Å². The number of hydrogen-bond acceptors (Lipinski definition) is 4. The Balaban J connectivity index is 4.50. The summed E-state index contributed by atoms with van der Waals surface area (Å²) in [5.74, 6) is -1.38. The van der Waals surface area contributed by atoms with Crippen LogP contribution in [0.5, 0.6) is 0 Å². The van der Waals surface area contributed by atoms with Gasteiger partial charge >= 0.3 is 5.97 Å². The van der Waals surface area contributed by atoms with E-state index in [0.717, 1.165) is 6.92 Å². The molecule has 0 aliphatic rings. The van der Waals surface area contributed by atoms with Crippen LogP contribution in [0.4, 0.5) is 0 Å². The number of nitrogens with one attached hydrogen (secondary N) is 1. The Morgan fingerprint density at radius 1 is 1.54 bits per heavy atom. The number of hydrogen-bond donors (Lipinski definition) is 3. The summed E-state index contributed by atoms with van der Waals surface area (Å²) in [6.07, 6.45) is 0. The molecule has 0 spiro atoms. The van der Waals surface area contributed by atoms with Crippen molar-refractivity contribution in [3.63, 3.8) is 0 Å². The van der Waals surface area contributed by atoms with Crippen molar-refractivity contribution in [1.82, 2.24) is 4.72 Å². The van der Waals surface area contributed by atoms with Crippen molar-refractivity contribution in [1.29, 1.82) is 0 Å². The summed E-state index contributed by atoms with van der Waals surface area (Å²) < 4.78 is 24.5. The molecule has 78 valence electrons. The predicted octanol–water partition coefficient (Wildman–Crippen LogP) is -1.27. The van der Waals surface area contributed by atoms with Gasteiger partial charge in [-0.15, -0.1) is 0 Å². The van der Waals surface area contributed by atoms with Crippen molar-refractivity contribution in [2.24, 2.45) is 5.73 Å². The summed E-state index contributed by atoms with van der Waals surface area (Å²) in [7, 11) is -3.80. The Labute approximate surface area is 77.2 Å². The van der Waals surface area contributed by atoms with E-state index in [9.17, 15) is 13.2 Å². The molecule has 0 bridgehead atoms. The molecule has 0 radical (unpaired) electrons. The van der Waals surface area contributed by atoms with E-state index in [4.69, 9.17) is 10.8 Å². The van der Waals surface area contributed by atoms with Crippen LogP contribution in [-0.4, -0.2) is 37.3 Å². The zero-order valence-electron chi connectivity index (χ0n) is 7.52. The summed E-state index contributed by atoms with van der Waals surface area (Å²) in [5.41, 5.74) is 5.18. The van der Waals surface area contributed by atoms with Crippen molar-refractivity contribution >= 4 is 16.0 Å². The van der Waals surface area contributed by atoms with Crippen LogP contribution < -0.4 is 10.5 Å². The third-order valence-electron chi connectivity index (χ3n) is 1.53. The lowest BCUT2D eigenvalue weighted by atomic mass is 10.4. The highest BCUT2D eigenvalue weighted by Crippen LogP contribution is 1.99. The van der Waals surface area contributed by atoms with Crippen molar-refractivity contribution in [3.8, 4) is 0 Å². The Morgan fingerprint density at radius 2 is 2.00 bits per heavy atom. The summed E-state index contributed by atoms with van der Waals surface area (Å²) in [6, 6.07) is -0.452. The molecule has 6 nitrogen and oxygen atoms in total. The fraction of sp³-hybridized carbons (Fsp3) is 0.833. The molecule has 13 heavy (non-hydrogen) atoms. The fourth-order valence-corrected chi connectivity index (χ4v) is 1.69. The van der Waals surface area contributed by atoms with Crippen LogP contribution in [0, 0.1) is 0 Å². The zero-order chi connectivity index (χ0) is 10.6. The van der Waals surface area contributed by atoms with E-state index >= 15 is 0 Å². The summed E-state index contributed by atoms with van der Waals surface area (Å²) in [4.78, 5) is 10.4. The standard InChI is InChI=1S/C6H14N2O4S/c1-4(3-7)8-13(11,12)5(2)6(9)10/h4-5,8H,3,7H2,1-2H3,(H,9,10)/t4-,5?/m1/s1. The van der Waals surface area contributed by atoms with E-state index in [1.807, 2.05) is 0 Å². The van der Waals surface area contributed by atoms with Gasteiger partial charge in [0, 0.05) is 12.6 Å². The molecule has 0 aliphatic heterocycles. The average molecular weight is 210 g/mol. The number of sulfonamides is 1. The van der Waals surface area contributed by atoms with Gasteiger partial charge in [0.2, 0.25) is 10.0 Å². The van der Waals surface area contributed by atoms with Gasteiger partial charge < -0.3 is 10.8 Å². The van der Waals surface area contributed by atoms with Gasteiger partial charge in [-0.25, -0.2) is 13.1 Å². The fourth-order valence-electron chi connectivity index (χ4n) is 0.563. The molecule has 0 aromatic carbocycles. The minimum atomic E-state index is -3.80. The normalized spacial score (nSPS) is 16.5. The molecular weight excluding hydrogens is 196 g/mol. The van der Waals surface area contributed by atoms with Gasteiger partial charge in [-0.1, -0.05) is 0 Å².